The van der Waals surface area contributed by atoms with E-state index in [1.54, 1.807) is 0 Å². The highest BCUT2D eigenvalue weighted by atomic mass is 16.5. The number of ether oxygens (including phenoxy) is 2. The van der Waals surface area contributed by atoms with Crippen molar-refractivity contribution in [2.24, 2.45) is 0 Å². The van der Waals surface area contributed by atoms with Crippen molar-refractivity contribution < 1.29 is 49.1 Å². The topological polar surface area (TPSA) is 181 Å². The summed E-state index contributed by atoms with van der Waals surface area (Å²) in [7, 11) is 0. The quantitative estimate of drug-likeness (QED) is 0.201. The lowest BCUT2D eigenvalue weighted by molar-refractivity contribution is -0.143. The van der Waals surface area contributed by atoms with Gasteiger partial charge in [-0.05, 0) is 0 Å². The van der Waals surface area contributed by atoms with Gasteiger partial charge in [0.2, 0.25) is 0 Å². The third-order valence-corrected chi connectivity index (χ3v) is 5.11. The Kier molecular flexibility index (Phi) is 14.9. The molecule has 0 spiro atoms. The standard InChI is InChI=1S/C20H36N4O10/c25-17(26)13-23(14-18(27)28)3-1-21-5-9-33-11-7-22(8-12-34-10-6-21)2-4-24(15-19(29)30)16-20(31)32/h1-16H2,(H,25,26)(H,27,28)(H,29,30)(H,31,32). The van der Waals surface area contributed by atoms with E-state index in [2.05, 4.69) is 0 Å². The van der Waals surface area contributed by atoms with E-state index < -0.39 is 23.9 Å². The van der Waals surface area contributed by atoms with Gasteiger partial charge < -0.3 is 29.9 Å². The van der Waals surface area contributed by atoms with Crippen molar-refractivity contribution in [2.45, 2.75) is 0 Å². The van der Waals surface area contributed by atoms with Crippen molar-refractivity contribution in [1.82, 2.24) is 19.6 Å². The van der Waals surface area contributed by atoms with Crippen LogP contribution in [0.3, 0.4) is 0 Å². The molecule has 0 unspecified atom stereocenters. The second kappa shape index (κ2) is 17.1. The molecule has 0 radical (unpaired) electrons. The molecule has 14 heteroatoms. The minimum Gasteiger partial charge on any atom is -0.480 e. The van der Waals surface area contributed by atoms with Gasteiger partial charge in [0.15, 0.2) is 0 Å². The molecule has 34 heavy (non-hydrogen) atoms. The summed E-state index contributed by atoms with van der Waals surface area (Å²) in [6.45, 7) is 4.13. The lowest BCUT2D eigenvalue weighted by Crippen LogP contribution is -2.43. The van der Waals surface area contributed by atoms with Gasteiger partial charge >= 0.3 is 23.9 Å². The molecule has 4 N–H and O–H groups in total. The van der Waals surface area contributed by atoms with Crippen molar-refractivity contribution >= 4 is 23.9 Å². The summed E-state index contributed by atoms with van der Waals surface area (Å²) in [5, 5.41) is 35.8. The Morgan fingerprint density at radius 3 is 1.06 bits per heavy atom. The molecule has 0 aromatic rings. The van der Waals surface area contributed by atoms with Crippen LogP contribution in [-0.2, 0) is 28.7 Å². The molecule has 1 heterocycles. The Balaban J connectivity index is 2.48. The highest BCUT2D eigenvalue weighted by Crippen LogP contribution is 1.99. The number of aliphatic carboxylic acids is 4. The Hall–Kier alpha value is -2.36. The maximum atomic E-state index is 11.0. The van der Waals surface area contributed by atoms with E-state index in [0.29, 0.717) is 65.7 Å². The van der Waals surface area contributed by atoms with Gasteiger partial charge in [0.1, 0.15) is 0 Å². The van der Waals surface area contributed by atoms with Crippen molar-refractivity contribution in [1.29, 1.82) is 0 Å². The van der Waals surface area contributed by atoms with Crippen molar-refractivity contribution in [3.63, 3.8) is 0 Å². The van der Waals surface area contributed by atoms with Crippen LogP contribution in [-0.4, -0.2) is 169 Å². The summed E-state index contributed by atoms with van der Waals surface area (Å²) in [4.78, 5) is 50.6. The van der Waals surface area contributed by atoms with Gasteiger partial charge in [0, 0.05) is 52.4 Å². The molecule has 14 nitrogen and oxygen atoms in total. The number of hydrogen-bond donors (Lipinski definition) is 4. The maximum absolute atomic E-state index is 11.0. The van der Waals surface area contributed by atoms with Gasteiger partial charge in [-0.2, -0.15) is 0 Å². The number of carbonyl (C=O) groups is 4. The van der Waals surface area contributed by atoms with Crippen LogP contribution < -0.4 is 0 Å². The van der Waals surface area contributed by atoms with Crippen LogP contribution in [0.1, 0.15) is 0 Å². The predicted octanol–water partition coefficient (Wildman–Crippen LogP) is -2.42. The summed E-state index contributed by atoms with van der Waals surface area (Å²) in [6, 6.07) is 0. The third-order valence-electron chi connectivity index (χ3n) is 5.11. The van der Waals surface area contributed by atoms with E-state index in [9.17, 15) is 19.2 Å². The minimum absolute atomic E-state index is 0.287. The van der Waals surface area contributed by atoms with E-state index in [1.165, 1.54) is 9.80 Å². The second-order valence-electron chi connectivity index (χ2n) is 7.90. The number of nitrogens with zero attached hydrogens (tertiary/aromatic N) is 4. The lowest BCUT2D eigenvalue weighted by Gasteiger charge is -2.28. The first kappa shape index (κ1) is 29.7. The Morgan fingerprint density at radius 1 is 0.559 bits per heavy atom. The zero-order valence-electron chi connectivity index (χ0n) is 19.3. The molecule has 1 rings (SSSR count). The fourth-order valence-electron chi connectivity index (χ4n) is 3.41. The van der Waals surface area contributed by atoms with E-state index >= 15 is 0 Å². The summed E-state index contributed by atoms with van der Waals surface area (Å²) in [5.41, 5.74) is 0. The van der Waals surface area contributed by atoms with Gasteiger partial charge in [-0.1, -0.05) is 0 Å². The molecular weight excluding hydrogens is 456 g/mol. The number of hydrogen-bond acceptors (Lipinski definition) is 10. The predicted molar refractivity (Wildman–Crippen MR) is 118 cm³/mol. The van der Waals surface area contributed by atoms with Gasteiger partial charge in [-0.3, -0.25) is 38.8 Å². The van der Waals surface area contributed by atoms with Crippen molar-refractivity contribution in [3.05, 3.63) is 0 Å². The first-order chi connectivity index (χ1) is 16.2. The number of rotatable bonds is 14. The Bertz CT molecular complexity index is 553. The zero-order chi connectivity index (χ0) is 25.3. The smallest absolute Gasteiger partial charge is 0.317 e. The van der Waals surface area contributed by atoms with Crippen LogP contribution in [0.4, 0.5) is 0 Å². The number of carboxylic acids is 4. The molecule has 1 fully saturated rings. The van der Waals surface area contributed by atoms with Crippen LogP contribution in [0.5, 0.6) is 0 Å². The normalized spacial score (nSPS) is 17.2. The summed E-state index contributed by atoms with van der Waals surface area (Å²) >= 11 is 0. The molecule has 0 atom stereocenters. The summed E-state index contributed by atoms with van der Waals surface area (Å²) < 4.78 is 11.4. The van der Waals surface area contributed by atoms with Gasteiger partial charge in [0.25, 0.3) is 0 Å². The van der Waals surface area contributed by atoms with E-state index in [1.807, 2.05) is 9.80 Å². The molecule has 0 amide bonds. The average Bonchev–Trinajstić information content (AvgIpc) is 2.70. The number of carboxylic acid groups (broad SMARTS) is 4. The fourth-order valence-corrected chi connectivity index (χ4v) is 3.41. The van der Waals surface area contributed by atoms with E-state index in [0.717, 1.165) is 0 Å². The molecular formula is C20H36N4O10. The van der Waals surface area contributed by atoms with Gasteiger partial charge in [0.05, 0.1) is 52.6 Å². The molecule has 1 saturated heterocycles. The molecule has 0 aliphatic carbocycles. The molecule has 1 aliphatic rings. The first-order valence-electron chi connectivity index (χ1n) is 11.1. The minimum atomic E-state index is -1.08. The van der Waals surface area contributed by atoms with Crippen LogP contribution in [0.2, 0.25) is 0 Å². The second-order valence-corrected chi connectivity index (χ2v) is 7.90. The summed E-state index contributed by atoms with van der Waals surface area (Å²) in [6.07, 6.45) is 0. The van der Waals surface area contributed by atoms with Gasteiger partial charge in [-0.15, -0.1) is 0 Å². The van der Waals surface area contributed by atoms with Gasteiger partial charge in [-0.25, -0.2) is 0 Å². The van der Waals surface area contributed by atoms with E-state index in [4.69, 9.17) is 29.9 Å². The Labute approximate surface area is 198 Å². The van der Waals surface area contributed by atoms with Crippen LogP contribution in [0.15, 0.2) is 0 Å². The molecule has 0 aromatic heterocycles. The van der Waals surface area contributed by atoms with Crippen LogP contribution in [0.25, 0.3) is 0 Å². The first-order valence-corrected chi connectivity index (χ1v) is 11.1. The van der Waals surface area contributed by atoms with Crippen LogP contribution in [0, 0.1) is 0 Å². The fraction of sp³-hybridized carbons (Fsp3) is 0.800. The van der Waals surface area contributed by atoms with E-state index in [-0.39, 0.29) is 39.3 Å². The zero-order valence-corrected chi connectivity index (χ0v) is 19.3. The lowest BCUT2D eigenvalue weighted by atomic mass is 10.3. The summed E-state index contributed by atoms with van der Waals surface area (Å²) in [5.74, 6) is -4.33. The largest absolute Gasteiger partial charge is 0.480 e. The maximum Gasteiger partial charge on any atom is 0.317 e. The average molecular weight is 493 g/mol. The van der Waals surface area contributed by atoms with Crippen LogP contribution >= 0.6 is 0 Å². The highest BCUT2D eigenvalue weighted by molar-refractivity contribution is 5.73. The molecule has 0 saturated carbocycles. The monoisotopic (exact) mass is 492 g/mol. The molecule has 0 bridgehead atoms. The highest BCUT2D eigenvalue weighted by Gasteiger charge is 2.17. The molecule has 0 aromatic carbocycles. The molecule has 196 valence electrons. The Morgan fingerprint density at radius 2 is 0.824 bits per heavy atom. The SMILES string of the molecule is O=C(O)CN(CCN1CCOCCN(CCN(CC(=O)O)CC(=O)O)CCOCC1)CC(=O)O. The molecule has 1 aliphatic heterocycles. The van der Waals surface area contributed by atoms with Crippen molar-refractivity contribution in [2.75, 3.05) is 105 Å². The van der Waals surface area contributed by atoms with Crippen molar-refractivity contribution in [3.8, 4) is 0 Å². The third kappa shape index (κ3) is 15.5.